The number of amides is 2. The topological polar surface area (TPSA) is 80.3 Å². The highest BCUT2D eigenvalue weighted by atomic mass is 16.5. The summed E-state index contributed by atoms with van der Waals surface area (Å²) >= 11 is 0. The van der Waals surface area contributed by atoms with Crippen molar-refractivity contribution in [2.24, 2.45) is 0 Å². The van der Waals surface area contributed by atoms with Crippen LogP contribution in [0.25, 0.3) is 0 Å². The third kappa shape index (κ3) is 3.95. The predicted molar refractivity (Wildman–Crippen MR) is 102 cm³/mol. The number of hydrogen-bond donors (Lipinski definition) is 2. The van der Waals surface area contributed by atoms with E-state index in [1.54, 1.807) is 30.6 Å². The monoisotopic (exact) mass is 359 g/mol. The molecule has 3 aromatic rings. The SMILES string of the molecule is O=C1COc2ccc(C(=O)Nc3ccc(Cc4ccncc4)cc3)cc2N1. The fourth-order valence-corrected chi connectivity index (χ4v) is 2.87. The van der Waals surface area contributed by atoms with Gasteiger partial charge in [-0.3, -0.25) is 14.6 Å². The van der Waals surface area contributed by atoms with Crippen molar-refractivity contribution in [1.29, 1.82) is 0 Å². The molecule has 6 heteroatoms. The van der Waals surface area contributed by atoms with Crippen LogP contribution in [0.3, 0.4) is 0 Å². The number of pyridine rings is 1. The summed E-state index contributed by atoms with van der Waals surface area (Å²) in [7, 11) is 0. The van der Waals surface area contributed by atoms with Gasteiger partial charge < -0.3 is 15.4 Å². The molecule has 0 aliphatic carbocycles. The number of ether oxygens (including phenoxy) is 1. The van der Waals surface area contributed by atoms with Crippen LogP contribution >= 0.6 is 0 Å². The first-order chi connectivity index (χ1) is 13.2. The molecule has 2 amide bonds. The Hall–Kier alpha value is -3.67. The molecule has 1 aliphatic rings. The molecule has 0 atom stereocenters. The van der Waals surface area contributed by atoms with Gasteiger partial charge in [-0.05, 0) is 60.0 Å². The fraction of sp³-hybridized carbons (Fsp3) is 0.0952. The van der Waals surface area contributed by atoms with Crippen LogP contribution in [0, 0.1) is 0 Å². The van der Waals surface area contributed by atoms with E-state index in [4.69, 9.17) is 4.74 Å². The lowest BCUT2D eigenvalue weighted by Gasteiger charge is -2.18. The second kappa shape index (κ2) is 7.29. The third-order valence-electron chi connectivity index (χ3n) is 4.24. The molecular formula is C21H17N3O3. The molecule has 0 fully saturated rings. The van der Waals surface area contributed by atoms with Gasteiger partial charge in [0.25, 0.3) is 11.8 Å². The van der Waals surface area contributed by atoms with E-state index < -0.39 is 0 Å². The van der Waals surface area contributed by atoms with Crippen molar-refractivity contribution in [1.82, 2.24) is 4.98 Å². The maximum atomic E-state index is 12.5. The van der Waals surface area contributed by atoms with Crippen molar-refractivity contribution in [2.75, 3.05) is 17.2 Å². The van der Waals surface area contributed by atoms with E-state index in [0.29, 0.717) is 22.7 Å². The van der Waals surface area contributed by atoms with Crippen LogP contribution in [0.15, 0.2) is 67.0 Å². The lowest BCUT2D eigenvalue weighted by molar-refractivity contribution is -0.118. The Morgan fingerprint density at radius 3 is 2.56 bits per heavy atom. The number of anilines is 2. The van der Waals surface area contributed by atoms with Gasteiger partial charge in [0, 0.05) is 23.6 Å². The number of fused-ring (bicyclic) bond motifs is 1. The summed E-state index contributed by atoms with van der Waals surface area (Å²) < 4.78 is 5.30. The average molecular weight is 359 g/mol. The predicted octanol–water partition coefficient (Wildman–Crippen LogP) is 3.26. The summed E-state index contributed by atoms with van der Waals surface area (Å²) in [4.78, 5) is 27.9. The lowest BCUT2D eigenvalue weighted by atomic mass is 10.1. The normalized spacial score (nSPS) is 12.5. The van der Waals surface area contributed by atoms with Gasteiger partial charge in [0.2, 0.25) is 0 Å². The Labute approximate surface area is 156 Å². The first-order valence-electron chi connectivity index (χ1n) is 8.53. The van der Waals surface area contributed by atoms with E-state index in [9.17, 15) is 9.59 Å². The highest BCUT2D eigenvalue weighted by molar-refractivity contribution is 6.06. The standard InChI is InChI=1S/C21H17N3O3/c25-20-13-27-19-6-3-16(12-18(19)24-20)21(26)23-17-4-1-14(2-5-17)11-15-7-9-22-10-8-15/h1-10,12H,11,13H2,(H,23,26)(H,24,25). The smallest absolute Gasteiger partial charge is 0.262 e. The maximum Gasteiger partial charge on any atom is 0.262 e. The Bertz CT molecular complexity index is 985. The Morgan fingerprint density at radius 1 is 1.04 bits per heavy atom. The number of aromatic nitrogens is 1. The summed E-state index contributed by atoms with van der Waals surface area (Å²) in [6, 6.07) is 16.6. The molecule has 1 aliphatic heterocycles. The van der Waals surface area contributed by atoms with Crippen LogP contribution in [0.4, 0.5) is 11.4 Å². The van der Waals surface area contributed by atoms with Crippen LogP contribution in [0.1, 0.15) is 21.5 Å². The Kier molecular flexibility index (Phi) is 4.53. The number of carbonyl (C=O) groups excluding carboxylic acids is 2. The van der Waals surface area contributed by atoms with Gasteiger partial charge in [-0.25, -0.2) is 0 Å². The molecule has 0 unspecified atom stereocenters. The fourth-order valence-electron chi connectivity index (χ4n) is 2.87. The van der Waals surface area contributed by atoms with E-state index in [1.807, 2.05) is 36.4 Å². The number of hydrogen-bond acceptors (Lipinski definition) is 4. The molecule has 0 saturated heterocycles. The van der Waals surface area contributed by atoms with Crippen LogP contribution in [0.2, 0.25) is 0 Å². The van der Waals surface area contributed by atoms with Crippen molar-refractivity contribution >= 4 is 23.2 Å². The summed E-state index contributed by atoms with van der Waals surface area (Å²) in [5.41, 5.74) is 3.98. The Morgan fingerprint density at radius 2 is 1.78 bits per heavy atom. The molecule has 0 spiro atoms. The first kappa shape index (κ1) is 16.8. The molecule has 2 aromatic carbocycles. The van der Waals surface area contributed by atoms with Gasteiger partial charge in [0.1, 0.15) is 5.75 Å². The molecule has 1 aromatic heterocycles. The van der Waals surface area contributed by atoms with Crippen LogP contribution < -0.4 is 15.4 Å². The van der Waals surface area contributed by atoms with E-state index in [1.165, 1.54) is 5.56 Å². The van der Waals surface area contributed by atoms with Crippen molar-refractivity contribution < 1.29 is 14.3 Å². The van der Waals surface area contributed by atoms with E-state index in [-0.39, 0.29) is 18.4 Å². The number of benzene rings is 2. The summed E-state index contributed by atoms with van der Waals surface area (Å²) in [6.45, 7) is -0.00954. The second-order valence-electron chi connectivity index (χ2n) is 6.23. The van der Waals surface area contributed by atoms with Crippen LogP contribution in [-0.2, 0) is 11.2 Å². The maximum absolute atomic E-state index is 12.5. The summed E-state index contributed by atoms with van der Waals surface area (Å²) in [5, 5.41) is 5.57. The van der Waals surface area contributed by atoms with Crippen molar-refractivity contribution in [3.05, 3.63) is 83.7 Å². The molecular weight excluding hydrogens is 342 g/mol. The Balaban J connectivity index is 1.44. The largest absolute Gasteiger partial charge is 0.482 e. The van der Waals surface area contributed by atoms with Gasteiger partial charge >= 0.3 is 0 Å². The third-order valence-corrected chi connectivity index (χ3v) is 4.24. The highest BCUT2D eigenvalue weighted by Crippen LogP contribution is 2.28. The van der Waals surface area contributed by atoms with Gasteiger partial charge in [0.15, 0.2) is 6.61 Å². The zero-order chi connectivity index (χ0) is 18.6. The number of rotatable bonds is 4. The quantitative estimate of drug-likeness (QED) is 0.749. The molecule has 0 bridgehead atoms. The molecule has 2 heterocycles. The molecule has 6 nitrogen and oxygen atoms in total. The first-order valence-corrected chi connectivity index (χ1v) is 8.53. The zero-order valence-corrected chi connectivity index (χ0v) is 14.4. The summed E-state index contributed by atoms with van der Waals surface area (Å²) in [6.07, 6.45) is 4.35. The van der Waals surface area contributed by atoms with E-state index in [0.717, 1.165) is 12.0 Å². The van der Waals surface area contributed by atoms with Crippen LogP contribution in [-0.4, -0.2) is 23.4 Å². The number of nitrogens with one attached hydrogen (secondary N) is 2. The molecule has 0 radical (unpaired) electrons. The van der Waals surface area contributed by atoms with Crippen LogP contribution in [0.5, 0.6) is 5.75 Å². The molecule has 134 valence electrons. The van der Waals surface area contributed by atoms with Gasteiger partial charge in [-0.15, -0.1) is 0 Å². The lowest BCUT2D eigenvalue weighted by Crippen LogP contribution is -2.25. The van der Waals surface area contributed by atoms with Gasteiger partial charge in [0.05, 0.1) is 5.69 Å². The van der Waals surface area contributed by atoms with Gasteiger partial charge in [-0.2, -0.15) is 0 Å². The summed E-state index contributed by atoms with van der Waals surface area (Å²) in [5.74, 6) is 0.0796. The van der Waals surface area contributed by atoms with E-state index in [2.05, 4.69) is 15.6 Å². The minimum absolute atomic E-state index is 0.00954. The number of nitrogens with zero attached hydrogens (tertiary/aromatic N) is 1. The minimum atomic E-state index is -0.250. The molecule has 0 saturated carbocycles. The van der Waals surface area contributed by atoms with Crippen molar-refractivity contribution in [3.63, 3.8) is 0 Å². The number of carbonyl (C=O) groups is 2. The van der Waals surface area contributed by atoms with E-state index >= 15 is 0 Å². The highest BCUT2D eigenvalue weighted by Gasteiger charge is 2.17. The second-order valence-corrected chi connectivity index (χ2v) is 6.23. The molecule has 27 heavy (non-hydrogen) atoms. The zero-order valence-electron chi connectivity index (χ0n) is 14.4. The van der Waals surface area contributed by atoms with Crippen molar-refractivity contribution in [2.45, 2.75) is 6.42 Å². The van der Waals surface area contributed by atoms with Crippen molar-refractivity contribution in [3.8, 4) is 5.75 Å². The molecule has 2 N–H and O–H groups in total. The average Bonchev–Trinajstić information content (AvgIpc) is 2.69. The minimum Gasteiger partial charge on any atom is -0.482 e. The molecule has 4 rings (SSSR count). The van der Waals surface area contributed by atoms with Gasteiger partial charge in [-0.1, -0.05) is 12.1 Å².